The molecule has 2 aliphatic heterocycles. The molecule has 1 atom stereocenters. The van der Waals surface area contributed by atoms with Crippen LogP contribution in [0.3, 0.4) is 0 Å². The van der Waals surface area contributed by atoms with Crippen LogP contribution in [0.4, 0.5) is 26.2 Å². The van der Waals surface area contributed by atoms with Crippen LogP contribution in [-0.4, -0.2) is 64.8 Å². The maximum absolute atomic E-state index is 14.9. The SMILES string of the molecule is CN1CCN(c2ccc3c(c2)NC(=O)C3NC(=O)Nc2ccc(Oc3ccnc(-c4cnn(C)c4)c3)c(F)c2)CC1. The summed E-state index contributed by atoms with van der Waals surface area (Å²) in [5, 5.41) is 12.3. The Labute approximate surface area is 235 Å². The number of pyridine rings is 1. The van der Waals surface area contributed by atoms with Crippen LogP contribution < -0.4 is 25.6 Å². The van der Waals surface area contributed by atoms with Crippen molar-refractivity contribution in [2.24, 2.45) is 7.05 Å². The second-order valence-electron chi connectivity index (χ2n) is 10.1. The van der Waals surface area contributed by atoms with E-state index in [0.717, 1.165) is 43.5 Å². The van der Waals surface area contributed by atoms with Gasteiger partial charge in [0.2, 0.25) is 0 Å². The van der Waals surface area contributed by atoms with E-state index in [1.165, 1.54) is 12.1 Å². The Morgan fingerprint density at radius 3 is 2.66 bits per heavy atom. The van der Waals surface area contributed by atoms with Crippen LogP contribution in [0.1, 0.15) is 11.6 Å². The average Bonchev–Trinajstić information content (AvgIpc) is 3.53. The Kier molecular flexibility index (Phi) is 6.98. The molecule has 12 heteroatoms. The summed E-state index contributed by atoms with van der Waals surface area (Å²) in [5.74, 6) is -0.607. The molecule has 1 saturated heterocycles. The minimum Gasteiger partial charge on any atom is -0.454 e. The first kappa shape index (κ1) is 26.3. The Balaban J connectivity index is 1.09. The van der Waals surface area contributed by atoms with Crippen molar-refractivity contribution < 1.29 is 18.7 Å². The number of rotatable bonds is 6. The molecule has 1 unspecified atom stereocenters. The monoisotopic (exact) mass is 556 g/mol. The number of nitrogens with zero attached hydrogens (tertiary/aromatic N) is 5. The summed E-state index contributed by atoms with van der Waals surface area (Å²) < 4.78 is 22.3. The topological polar surface area (TPSA) is 117 Å². The van der Waals surface area contributed by atoms with E-state index in [4.69, 9.17) is 4.74 Å². The highest BCUT2D eigenvalue weighted by atomic mass is 19.1. The van der Waals surface area contributed by atoms with Crippen LogP contribution in [-0.2, 0) is 11.8 Å². The van der Waals surface area contributed by atoms with Gasteiger partial charge in [0.15, 0.2) is 11.6 Å². The molecule has 0 saturated carbocycles. The number of hydrogen-bond acceptors (Lipinski definition) is 7. The highest BCUT2D eigenvalue weighted by Gasteiger charge is 2.32. The number of urea groups is 1. The van der Waals surface area contributed by atoms with E-state index in [1.807, 2.05) is 24.4 Å². The van der Waals surface area contributed by atoms with E-state index < -0.39 is 17.9 Å². The molecule has 2 aliphatic rings. The van der Waals surface area contributed by atoms with Crippen LogP contribution in [0.25, 0.3) is 11.3 Å². The Morgan fingerprint density at radius 1 is 1.07 bits per heavy atom. The summed E-state index contributed by atoms with van der Waals surface area (Å²) in [6.45, 7) is 3.75. The minimum absolute atomic E-state index is 0.0143. The van der Waals surface area contributed by atoms with Crippen LogP contribution in [0.5, 0.6) is 11.5 Å². The molecule has 11 nitrogen and oxygen atoms in total. The van der Waals surface area contributed by atoms with Crippen LogP contribution in [0.15, 0.2) is 67.1 Å². The molecule has 3 N–H and O–H groups in total. The zero-order valence-electron chi connectivity index (χ0n) is 22.6. The van der Waals surface area contributed by atoms with E-state index in [9.17, 15) is 14.0 Å². The number of nitrogens with one attached hydrogen (secondary N) is 3. The predicted molar refractivity (Wildman–Crippen MR) is 153 cm³/mol. The lowest BCUT2D eigenvalue weighted by atomic mass is 10.1. The zero-order valence-corrected chi connectivity index (χ0v) is 22.6. The van der Waals surface area contributed by atoms with Crippen molar-refractivity contribution in [3.8, 4) is 22.8 Å². The first-order valence-corrected chi connectivity index (χ1v) is 13.2. The molecule has 1 fully saturated rings. The first-order valence-electron chi connectivity index (χ1n) is 13.2. The fourth-order valence-electron chi connectivity index (χ4n) is 4.93. The molecular weight excluding hydrogens is 527 g/mol. The maximum atomic E-state index is 14.9. The number of likely N-dealkylation sites (N-methyl/N-ethyl adjacent to an activating group) is 1. The van der Waals surface area contributed by atoms with E-state index in [1.54, 1.807) is 36.3 Å². The van der Waals surface area contributed by atoms with Gasteiger partial charge in [0.25, 0.3) is 5.91 Å². The first-order chi connectivity index (χ1) is 19.8. The van der Waals surface area contributed by atoms with Crippen molar-refractivity contribution in [2.75, 3.05) is 48.8 Å². The molecule has 6 rings (SSSR count). The lowest BCUT2D eigenvalue weighted by Gasteiger charge is -2.34. The van der Waals surface area contributed by atoms with Crippen LogP contribution in [0.2, 0.25) is 0 Å². The number of aromatic nitrogens is 3. The average molecular weight is 557 g/mol. The third kappa shape index (κ3) is 5.68. The number of halogens is 1. The predicted octanol–water partition coefficient (Wildman–Crippen LogP) is 3.98. The lowest BCUT2D eigenvalue weighted by Crippen LogP contribution is -2.44. The number of ether oxygens (including phenoxy) is 1. The quantitative estimate of drug-likeness (QED) is 0.329. The van der Waals surface area contributed by atoms with E-state index >= 15 is 0 Å². The summed E-state index contributed by atoms with van der Waals surface area (Å²) in [6.07, 6.45) is 5.07. The van der Waals surface area contributed by atoms with E-state index in [-0.39, 0.29) is 17.3 Å². The van der Waals surface area contributed by atoms with Gasteiger partial charge in [-0.3, -0.25) is 14.5 Å². The molecule has 0 bridgehead atoms. The number of benzene rings is 2. The standard InChI is InChI=1S/C29H29FN8O3/c1-36-9-11-38(12-10-36)20-4-5-22-25(14-20)34-28(39)27(22)35-29(40)33-19-3-6-26(23(30)13-19)41-21-7-8-31-24(15-21)18-16-32-37(2)17-18/h3-8,13-17,27H,9-12H2,1-2H3,(H,34,39)(H2,33,35,40). The van der Waals surface area contributed by atoms with Crippen molar-refractivity contribution in [2.45, 2.75) is 6.04 Å². The molecule has 3 amide bonds. The normalized spacial score (nSPS) is 16.7. The van der Waals surface area contributed by atoms with Gasteiger partial charge in [-0.2, -0.15) is 5.10 Å². The molecule has 210 valence electrons. The van der Waals surface area contributed by atoms with Crippen LogP contribution in [0, 0.1) is 5.82 Å². The molecule has 0 radical (unpaired) electrons. The number of aryl methyl sites for hydroxylation is 1. The fraction of sp³-hybridized carbons (Fsp3) is 0.241. The summed E-state index contributed by atoms with van der Waals surface area (Å²) in [7, 11) is 3.90. The second-order valence-corrected chi connectivity index (χ2v) is 10.1. The highest BCUT2D eigenvalue weighted by molar-refractivity contribution is 6.05. The largest absolute Gasteiger partial charge is 0.454 e. The minimum atomic E-state index is -0.861. The molecule has 4 heterocycles. The van der Waals surface area contributed by atoms with Gasteiger partial charge in [-0.1, -0.05) is 6.07 Å². The number of carbonyl (C=O) groups is 2. The molecule has 0 spiro atoms. The van der Waals surface area contributed by atoms with Gasteiger partial charge in [0.1, 0.15) is 11.8 Å². The molecule has 0 aliphatic carbocycles. The second kappa shape index (κ2) is 10.9. The van der Waals surface area contributed by atoms with Gasteiger partial charge in [0.05, 0.1) is 11.9 Å². The van der Waals surface area contributed by atoms with Gasteiger partial charge in [0, 0.05) is 85.9 Å². The maximum Gasteiger partial charge on any atom is 0.320 e. The molecule has 2 aromatic heterocycles. The highest BCUT2D eigenvalue weighted by Crippen LogP contribution is 2.35. The van der Waals surface area contributed by atoms with Gasteiger partial charge in [-0.25, -0.2) is 9.18 Å². The molecular formula is C29H29FN8O3. The van der Waals surface area contributed by atoms with Gasteiger partial charge in [-0.05, 0) is 37.4 Å². The Morgan fingerprint density at radius 2 is 1.90 bits per heavy atom. The van der Waals surface area contributed by atoms with Crippen molar-refractivity contribution in [1.82, 2.24) is 25.0 Å². The third-order valence-electron chi connectivity index (χ3n) is 7.16. The van der Waals surface area contributed by atoms with Gasteiger partial charge in [-0.15, -0.1) is 0 Å². The summed E-state index contributed by atoms with van der Waals surface area (Å²) in [4.78, 5) is 34.3. The summed E-state index contributed by atoms with van der Waals surface area (Å²) in [5.41, 5.74) is 4.03. The lowest BCUT2D eigenvalue weighted by molar-refractivity contribution is -0.117. The van der Waals surface area contributed by atoms with Crippen molar-refractivity contribution in [3.05, 3.63) is 78.5 Å². The number of hydrogen-bond donors (Lipinski definition) is 3. The van der Waals surface area contributed by atoms with Gasteiger partial charge >= 0.3 is 6.03 Å². The zero-order chi connectivity index (χ0) is 28.5. The van der Waals surface area contributed by atoms with E-state index in [0.29, 0.717) is 22.7 Å². The third-order valence-corrected chi connectivity index (χ3v) is 7.16. The molecule has 2 aromatic carbocycles. The summed E-state index contributed by atoms with van der Waals surface area (Å²) in [6, 6.07) is 11.7. The van der Waals surface area contributed by atoms with E-state index in [2.05, 4.69) is 42.9 Å². The van der Waals surface area contributed by atoms with Gasteiger partial charge < -0.3 is 30.5 Å². The number of fused-ring (bicyclic) bond motifs is 1. The molecule has 41 heavy (non-hydrogen) atoms. The van der Waals surface area contributed by atoms with Crippen molar-refractivity contribution in [1.29, 1.82) is 0 Å². The number of piperazine rings is 1. The molecule has 4 aromatic rings. The number of anilines is 3. The van der Waals surface area contributed by atoms with Crippen LogP contribution >= 0.6 is 0 Å². The van der Waals surface area contributed by atoms with Crippen molar-refractivity contribution in [3.63, 3.8) is 0 Å². The number of amides is 3. The number of carbonyl (C=O) groups excluding carboxylic acids is 2. The smallest absolute Gasteiger partial charge is 0.320 e. The van der Waals surface area contributed by atoms with Crippen molar-refractivity contribution >= 4 is 29.0 Å². The Hall–Kier alpha value is -4.97. The fourth-order valence-corrected chi connectivity index (χ4v) is 4.93. The summed E-state index contributed by atoms with van der Waals surface area (Å²) >= 11 is 0. The Bertz CT molecular complexity index is 1620.